The number of aliphatic carboxylic acids is 1. The molecule has 4 nitrogen and oxygen atoms in total. The van der Waals surface area contributed by atoms with Gasteiger partial charge in [0, 0.05) is 19.3 Å². The molecular formula is C13H16FNO3S. The summed E-state index contributed by atoms with van der Waals surface area (Å²) in [7, 11) is 1.59. The summed E-state index contributed by atoms with van der Waals surface area (Å²) in [5, 5.41) is 8.52. The van der Waals surface area contributed by atoms with Crippen molar-refractivity contribution in [3.05, 3.63) is 35.6 Å². The van der Waals surface area contributed by atoms with Crippen LogP contribution in [0, 0.1) is 5.82 Å². The molecule has 6 heteroatoms. The maximum absolute atomic E-state index is 12.7. The highest BCUT2D eigenvalue weighted by Crippen LogP contribution is 2.13. The molecule has 1 amide bonds. The van der Waals surface area contributed by atoms with Crippen LogP contribution in [0.2, 0.25) is 0 Å². The number of hydrogen-bond donors (Lipinski definition) is 1. The van der Waals surface area contributed by atoms with Crippen LogP contribution >= 0.6 is 11.8 Å². The first-order valence-electron chi connectivity index (χ1n) is 5.77. The number of benzene rings is 1. The standard InChI is InChI=1S/C13H16FNO3S/c1-15(7-6-13(17)18)12(16)9-19-8-10-2-4-11(14)5-3-10/h2-5H,6-9H2,1H3,(H,17,18). The van der Waals surface area contributed by atoms with Crippen LogP contribution in [0.5, 0.6) is 0 Å². The van der Waals surface area contributed by atoms with E-state index in [1.807, 2.05) is 0 Å². The van der Waals surface area contributed by atoms with Gasteiger partial charge in [0.15, 0.2) is 0 Å². The van der Waals surface area contributed by atoms with Crippen LogP contribution in [-0.2, 0) is 15.3 Å². The zero-order valence-electron chi connectivity index (χ0n) is 10.6. The van der Waals surface area contributed by atoms with E-state index in [2.05, 4.69) is 0 Å². The van der Waals surface area contributed by atoms with E-state index in [4.69, 9.17) is 5.11 Å². The van der Waals surface area contributed by atoms with Gasteiger partial charge in [0.1, 0.15) is 5.82 Å². The molecule has 0 unspecified atom stereocenters. The Kier molecular flexibility index (Phi) is 6.35. The Morgan fingerprint density at radius 1 is 1.32 bits per heavy atom. The molecule has 1 aromatic carbocycles. The summed E-state index contributed by atoms with van der Waals surface area (Å²) in [5.41, 5.74) is 0.951. The number of amides is 1. The molecule has 0 spiro atoms. The first-order chi connectivity index (χ1) is 8.99. The number of nitrogens with zero attached hydrogens (tertiary/aromatic N) is 1. The van der Waals surface area contributed by atoms with Crippen molar-refractivity contribution in [3.8, 4) is 0 Å². The van der Waals surface area contributed by atoms with Crippen LogP contribution in [-0.4, -0.2) is 41.2 Å². The van der Waals surface area contributed by atoms with E-state index in [9.17, 15) is 14.0 Å². The monoisotopic (exact) mass is 285 g/mol. The number of thioether (sulfide) groups is 1. The summed E-state index contributed by atoms with van der Waals surface area (Å²) in [5.74, 6) is -0.392. The van der Waals surface area contributed by atoms with Crippen molar-refractivity contribution in [3.63, 3.8) is 0 Å². The molecule has 0 aliphatic heterocycles. The molecule has 0 bridgehead atoms. The second-order valence-electron chi connectivity index (χ2n) is 4.08. The van der Waals surface area contributed by atoms with Gasteiger partial charge in [0.25, 0.3) is 0 Å². The highest BCUT2D eigenvalue weighted by molar-refractivity contribution is 7.99. The van der Waals surface area contributed by atoms with Crippen molar-refractivity contribution >= 4 is 23.6 Å². The smallest absolute Gasteiger partial charge is 0.305 e. The molecule has 0 fully saturated rings. The summed E-state index contributed by atoms with van der Waals surface area (Å²) in [4.78, 5) is 23.4. The topological polar surface area (TPSA) is 57.6 Å². The molecule has 104 valence electrons. The lowest BCUT2D eigenvalue weighted by Crippen LogP contribution is -2.30. The predicted octanol–water partition coefficient (Wildman–Crippen LogP) is 1.99. The number of carbonyl (C=O) groups is 2. The van der Waals surface area contributed by atoms with Crippen molar-refractivity contribution < 1.29 is 19.1 Å². The Morgan fingerprint density at radius 2 is 1.95 bits per heavy atom. The Bertz CT molecular complexity index is 436. The van der Waals surface area contributed by atoms with E-state index in [0.717, 1.165) is 5.56 Å². The SMILES string of the molecule is CN(CCC(=O)O)C(=O)CSCc1ccc(F)cc1. The lowest BCUT2D eigenvalue weighted by atomic mass is 10.2. The van der Waals surface area contributed by atoms with Crippen LogP contribution in [0.15, 0.2) is 24.3 Å². The van der Waals surface area contributed by atoms with Gasteiger partial charge in [-0.3, -0.25) is 9.59 Å². The lowest BCUT2D eigenvalue weighted by Gasteiger charge is -2.15. The number of rotatable bonds is 7. The van der Waals surface area contributed by atoms with Crippen molar-refractivity contribution in [2.45, 2.75) is 12.2 Å². The summed E-state index contributed by atoms with van der Waals surface area (Å²) in [6, 6.07) is 6.13. The fourth-order valence-corrected chi connectivity index (χ4v) is 2.26. The van der Waals surface area contributed by atoms with Crippen LogP contribution < -0.4 is 0 Å². The maximum Gasteiger partial charge on any atom is 0.305 e. The van der Waals surface area contributed by atoms with Crippen molar-refractivity contribution in [1.82, 2.24) is 4.90 Å². The van der Waals surface area contributed by atoms with Gasteiger partial charge in [0.05, 0.1) is 12.2 Å². The van der Waals surface area contributed by atoms with Gasteiger partial charge >= 0.3 is 5.97 Å². The van der Waals surface area contributed by atoms with E-state index < -0.39 is 5.97 Å². The fraction of sp³-hybridized carbons (Fsp3) is 0.385. The van der Waals surface area contributed by atoms with Gasteiger partial charge in [-0.15, -0.1) is 11.8 Å². The molecule has 0 saturated heterocycles. The third-order valence-electron chi connectivity index (χ3n) is 2.49. The maximum atomic E-state index is 12.7. The molecule has 0 saturated carbocycles. The van der Waals surface area contributed by atoms with Crippen LogP contribution in [0.1, 0.15) is 12.0 Å². The minimum absolute atomic E-state index is 0.0507. The first kappa shape index (κ1) is 15.5. The van der Waals surface area contributed by atoms with Gasteiger partial charge in [-0.05, 0) is 17.7 Å². The van der Waals surface area contributed by atoms with Crippen LogP contribution in [0.4, 0.5) is 4.39 Å². The Morgan fingerprint density at radius 3 is 2.53 bits per heavy atom. The third-order valence-corrected chi connectivity index (χ3v) is 3.48. The summed E-state index contributed by atoms with van der Waals surface area (Å²) in [6.07, 6.45) is -0.0507. The van der Waals surface area contributed by atoms with E-state index in [1.54, 1.807) is 19.2 Å². The third kappa shape index (κ3) is 6.24. The molecule has 0 aliphatic rings. The number of halogens is 1. The zero-order valence-corrected chi connectivity index (χ0v) is 11.5. The minimum atomic E-state index is -0.918. The second kappa shape index (κ2) is 7.78. The van der Waals surface area contributed by atoms with Crippen LogP contribution in [0.25, 0.3) is 0 Å². The molecule has 0 aromatic heterocycles. The number of carboxylic acid groups (broad SMARTS) is 1. The highest BCUT2D eigenvalue weighted by atomic mass is 32.2. The van der Waals surface area contributed by atoms with E-state index in [1.165, 1.54) is 28.8 Å². The molecule has 0 aliphatic carbocycles. The molecule has 1 aromatic rings. The van der Waals surface area contributed by atoms with Gasteiger partial charge in [-0.2, -0.15) is 0 Å². The average Bonchev–Trinajstić information content (AvgIpc) is 2.38. The lowest BCUT2D eigenvalue weighted by molar-refractivity contribution is -0.137. The number of carbonyl (C=O) groups excluding carboxylic acids is 1. The van der Waals surface area contributed by atoms with Crippen LogP contribution in [0.3, 0.4) is 0 Å². The quantitative estimate of drug-likeness (QED) is 0.832. The normalized spacial score (nSPS) is 10.2. The second-order valence-corrected chi connectivity index (χ2v) is 5.06. The highest BCUT2D eigenvalue weighted by Gasteiger charge is 2.10. The minimum Gasteiger partial charge on any atom is -0.481 e. The Hall–Kier alpha value is -1.56. The summed E-state index contributed by atoms with van der Waals surface area (Å²) < 4.78 is 12.7. The predicted molar refractivity (Wildman–Crippen MR) is 72.5 cm³/mol. The average molecular weight is 285 g/mol. The molecule has 19 heavy (non-hydrogen) atoms. The molecule has 1 N–H and O–H groups in total. The van der Waals surface area contributed by atoms with Gasteiger partial charge in [0.2, 0.25) is 5.91 Å². The number of carboxylic acids is 1. The van der Waals surface area contributed by atoms with Gasteiger partial charge < -0.3 is 10.0 Å². The Balaban J connectivity index is 2.26. The van der Waals surface area contributed by atoms with Gasteiger partial charge in [-0.25, -0.2) is 4.39 Å². The van der Waals surface area contributed by atoms with E-state index >= 15 is 0 Å². The molecule has 1 rings (SSSR count). The summed E-state index contributed by atoms with van der Waals surface area (Å²) >= 11 is 1.42. The number of hydrogen-bond acceptors (Lipinski definition) is 3. The first-order valence-corrected chi connectivity index (χ1v) is 6.92. The molecule has 0 heterocycles. The van der Waals surface area contributed by atoms with E-state index in [-0.39, 0.29) is 30.4 Å². The largest absolute Gasteiger partial charge is 0.481 e. The van der Waals surface area contributed by atoms with Crippen molar-refractivity contribution in [2.75, 3.05) is 19.3 Å². The fourth-order valence-electron chi connectivity index (χ4n) is 1.34. The molecular weight excluding hydrogens is 269 g/mol. The van der Waals surface area contributed by atoms with E-state index in [0.29, 0.717) is 5.75 Å². The Labute approximate surface area is 115 Å². The van der Waals surface area contributed by atoms with Gasteiger partial charge in [-0.1, -0.05) is 12.1 Å². The van der Waals surface area contributed by atoms with Crippen molar-refractivity contribution in [1.29, 1.82) is 0 Å². The zero-order chi connectivity index (χ0) is 14.3. The summed E-state index contributed by atoms with van der Waals surface area (Å²) in [6.45, 7) is 0.214. The van der Waals surface area contributed by atoms with Crippen molar-refractivity contribution in [2.24, 2.45) is 0 Å². The molecule has 0 atom stereocenters. The molecule has 0 radical (unpaired) electrons.